The van der Waals surface area contributed by atoms with Crippen LogP contribution in [0.4, 0.5) is 30.7 Å². The molecule has 2 aromatic carbocycles. The maximum absolute atomic E-state index is 13.4. The van der Waals surface area contributed by atoms with Crippen molar-refractivity contribution in [3.8, 4) is 16.9 Å². The van der Waals surface area contributed by atoms with Gasteiger partial charge in [-0.15, -0.1) is 0 Å². The van der Waals surface area contributed by atoms with E-state index in [9.17, 15) is 35.5 Å². The molecule has 204 valence electrons. The van der Waals surface area contributed by atoms with Gasteiger partial charge in [0.2, 0.25) is 0 Å². The lowest BCUT2D eigenvalue weighted by Crippen LogP contribution is -2.54. The molecule has 0 aliphatic heterocycles. The zero-order valence-electron chi connectivity index (χ0n) is 20.4. The lowest BCUT2D eigenvalue weighted by Gasteiger charge is -2.27. The number of alkyl halides is 7. The van der Waals surface area contributed by atoms with E-state index in [1.807, 2.05) is 0 Å². The molecule has 0 amide bonds. The minimum atomic E-state index is -6.50. The fourth-order valence-electron chi connectivity index (χ4n) is 3.46. The molecule has 0 spiro atoms. The van der Waals surface area contributed by atoms with Crippen LogP contribution in [-0.4, -0.2) is 37.2 Å². The van der Waals surface area contributed by atoms with Crippen LogP contribution in [0.1, 0.15) is 61.4 Å². The highest BCUT2D eigenvalue weighted by molar-refractivity contribution is 5.92. The second-order valence-electron chi connectivity index (χ2n) is 8.50. The number of carbonyl (C=O) groups excluding carboxylic acids is 1. The number of hydrogen-bond donors (Lipinski definition) is 0. The van der Waals surface area contributed by atoms with Gasteiger partial charge in [-0.2, -0.15) is 30.7 Å². The number of unbranched alkanes of at least 4 members (excludes halogenated alkanes) is 5. The molecule has 0 atom stereocenters. The van der Waals surface area contributed by atoms with Crippen LogP contribution in [0.15, 0.2) is 49.0 Å². The second-order valence-corrected chi connectivity index (χ2v) is 8.50. The number of halogens is 7. The first-order chi connectivity index (χ1) is 17.3. The fraction of sp³-hybridized carbons (Fsp3) is 0.444. The van der Waals surface area contributed by atoms with Crippen LogP contribution in [0.3, 0.4) is 0 Å². The van der Waals surface area contributed by atoms with Crippen LogP contribution in [0.2, 0.25) is 0 Å². The highest BCUT2D eigenvalue weighted by Gasteiger charge is 2.73. The van der Waals surface area contributed by atoms with E-state index in [1.165, 1.54) is 50.0 Å². The largest absolute Gasteiger partial charge is 0.494 e. The van der Waals surface area contributed by atoms with E-state index in [2.05, 4.69) is 18.2 Å². The van der Waals surface area contributed by atoms with Gasteiger partial charge in [0.1, 0.15) is 5.75 Å². The molecule has 2 rings (SSSR count). The summed E-state index contributed by atoms with van der Waals surface area (Å²) >= 11 is 0. The Balaban J connectivity index is 2.02. The predicted molar refractivity (Wildman–Crippen MR) is 127 cm³/mol. The molecule has 0 aromatic heterocycles. The van der Waals surface area contributed by atoms with Gasteiger partial charge >= 0.3 is 24.0 Å². The Hall–Kier alpha value is -3.04. The summed E-state index contributed by atoms with van der Waals surface area (Å²) in [6.45, 7) is 3.95. The molecule has 10 heteroatoms. The van der Waals surface area contributed by atoms with Crippen molar-refractivity contribution < 1.29 is 45.0 Å². The molecule has 0 heterocycles. The van der Waals surface area contributed by atoms with Crippen LogP contribution in [0.25, 0.3) is 17.2 Å². The second kappa shape index (κ2) is 13.0. The maximum atomic E-state index is 13.4. The minimum absolute atomic E-state index is 0.316. The predicted octanol–water partition coefficient (Wildman–Crippen LogP) is 8.73. The first kappa shape index (κ1) is 30.2. The van der Waals surface area contributed by atoms with Gasteiger partial charge in [-0.05, 0) is 47.4 Å². The van der Waals surface area contributed by atoms with Crippen LogP contribution >= 0.6 is 0 Å². The molecule has 0 bridgehead atoms. The van der Waals surface area contributed by atoms with Crippen molar-refractivity contribution in [2.24, 2.45) is 0 Å². The van der Waals surface area contributed by atoms with Crippen molar-refractivity contribution in [2.75, 3.05) is 13.2 Å². The van der Waals surface area contributed by atoms with Crippen LogP contribution < -0.4 is 4.74 Å². The van der Waals surface area contributed by atoms with Crippen molar-refractivity contribution in [3.05, 3.63) is 60.2 Å². The third-order valence-corrected chi connectivity index (χ3v) is 5.64. The van der Waals surface area contributed by atoms with Crippen LogP contribution in [0, 0.1) is 0 Å². The SMILES string of the molecule is C=Cc1cc(C(=O)OCC(F)(F)C(F)(F)C(F)(F)F)ccc1-c1ccc(OCCCCCCCC)cc1. The Morgan fingerprint density at radius 2 is 1.51 bits per heavy atom. The maximum Gasteiger partial charge on any atom is 0.460 e. The molecular weight excluding hydrogens is 505 g/mol. The molecule has 2 aromatic rings. The molecule has 0 aliphatic rings. The molecule has 0 unspecified atom stereocenters. The molecule has 0 saturated carbocycles. The molecule has 0 saturated heterocycles. The van der Waals surface area contributed by atoms with Gasteiger partial charge in [-0.3, -0.25) is 0 Å². The molecular formula is C27H29F7O3. The van der Waals surface area contributed by atoms with Gasteiger partial charge in [0.05, 0.1) is 12.2 Å². The van der Waals surface area contributed by atoms with Gasteiger partial charge < -0.3 is 9.47 Å². The van der Waals surface area contributed by atoms with Gasteiger partial charge in [0, 0.05) is 0 Å². The van der Waals surface area contributed by atoms with Crippen molar-refractivity contribution >= 4 is 12.0 Å². The fourth-order valence-corrected chi connectivity index (χ4v) is 3.46. The van der Waals surface area contributed by atoms with Crippen LogP contribution in [0.5, 0.6) is 5.75 Å². The zero-order chi connectivity index (χ0) is 27.7. The van der Waals surface area contributed by atoms with Gasteiger partial charge in [0.25, 0.3) is 0 Å². The average Bonchev–Trinajstić information content (AvgIpc) is 2.86. The van der Waals surface area contributed by atoms with E-state index in [1.54, 1.807) is 24.3 Å². The molecule has 0 N–H and O–H groups in total. The van der Waals surface area contributed by atoms with Gasteiger partial charge in [-0.25, -0.2) is 4.79 Å². The Morgan fingerprint density at radius 3 is 2.11 bits per heavy atom. The summed E-state index contributed by atoms with van der Waals surface area (Å²) in [5, 5.41) is 0. The standard InChI is InChI=1S/C27H29F7O3/c1-3-5-6-7-8-9-16-36-22-13-10-20(11-14-22)23-15-12-21(17-19(23)4-2)24(35)37-18-25(28,29)26(30,31)27(32,33)34/h4,10-15,17H,2-3,5-9,16,18H2,1H3. The Bertz CT molecular complexity index is 1030. The Kier molecular flexibility index (Phi) is 10.6. The van der Waals surface area contributed by atoms with Gasteiger partial charge in [-0.1, -0.05) is 69.9 Å². The Morgan fingerprint density at radius 1 is 0.892 bits per heavy atom. The van der Waals surface area contributed by atoms with Gasteiger partial charge in [0.15, 0.2) is 6.61 Å². The van der Waals surface area contributed by atoms with Crippen molar-refractivity contribution in [2.45, 2.75) is 63.5 Å². The highest BCUT2D eigenvalue weighted by atomic mass is 19.4. The number of hydrogen-bond acceptors (Lipinski definition) is 3. The average molecular weight is 535 g/mol. The molecule has 3 nitrogen and oxygen atoms in total. The summed E-state index contributed by atoms with van der Waals surface area (Å²) in [4.78, 5) is 12.1. The third-order valence-electron chi connectivity index (χ3n) is 5.64. The number of carbonyl (C=O) groups is 1. The van der Waals surface area contributed by atoms with E-state index in [-0.39, 0.29) is 5.56 Å². The van der Waals surface area contributed by atoms with Crippen molar-refractivity contribution in [1.82, 2.24) is 0 Å². The van der Waals surface area contributed by atoms with Crippen molar-refractivity contribution in [3.63, 3.8) is 0 Å². The zero-order valence-corrected chi connectivity index (χ0v) is 20.4. The van der Waals surface area contributed by atoms with E-state index in [0.29, 0.717) is 23.5 Å². The number of ether oxygens (including phenoxy) is 2. The molecule has 0 fully saturated rings. The summed E-state index contributed by atoms with van der Waals surface area (Å²) in [6, 6.07) is 11.0. The monoisotopic (exact) mass is 534 g/mol. The molecule has 0 aliphatic carbocycles. The number of benzene rings is 2. The van der Waals surface area contributed by atoms with Crippen LogP contribution in [-0.2, 0) is 4.74 Å². The summed E-state index contributed by atoms with van der Waals surface area (Å²) < 4.78 is 99.4. The van der Waals surface area contributed by atoms with E-state index in [4.69, 9.17) is 4.74 Å². The minimum Gasteiger partial charge on any atom is -0.494 e. The smallest absolute Gasteiger partial charge is 0.460 e. The summed E-state index contributed by atoms with van der Waals surface area (Å²) in [5.41, 5.74) is 1.41. The lowest BCUT2D eigenvalue weighted by atomic mass is 9.97. The molecule has 37 heavy (non-hydrogen) atoms. The summed E-state index contributed by atoms with van der Waals surface area (Å²) in [6.07, 6.45) is 1.72. The first-order valence-corrected chi connectivity index (χ1v) is 11.8. The Labute approximate surface area is 211 Å². The molecule has 0 radical (unpaired) electrons. The lowest BCUT2D eigenvalue weighted by molar-refractivity contribution is -0.359. The first-order valence-electron chi connectivity index (χ1n) is 11.8. The van der Waals surface area contributed by atoms with E-state index < -0.39 is 30.6 Å². The normalized spacial score (nSPS) is 12.3. The van der Waals surface area contributed by atoms with E-state index >= 15 is 0 Å². The summed E-state index contributed by atoms with van der Waals surface area (Å²) in [7, 11) is 0. The van der Waals surface area contributed by atoms with E-state index in [0.717, 1.165) is 18.4 Å². The third kappa shape index (κ3) is 7.97. The number of rotatable bonds is 14. The van der Waals surface area contributed by atoms with Crippen molar-refractivity contribution in [1.29, 1.82) is 0 Å². The highest BCUT2D eigenvalue weighted by Crippen LogP contribution is 2.46. The quantitative estimate of drug-likeness (QED) is 0.138. The summed E-state index contributed by atoms with van der Waals surface area (Å²) in [5.74, 6) is -12.8. The topological polar surface area (TPSA) is 35.5 Å². The number of esters is 1.